The van der Waals surface area contributed by atoms with Crippen molar-refractivity contribution in [3.05, 3.63) is 42.5 Å². The van der Waals surface area contributed by atoms with Gasteiger partial charge in [-0.15, -0.1) is 0 Å². The molecule has 0 saturated carbocycles. The third-order valence-corrected chi connectivity index (χ3v) is 7.36. The number of rotatable bonds is 3. The van der Waals surface area contributed by atoms with Crippen LogP contribution in [-0.2, 0) is 12.8 Å². The summed E-state index contributed by atoms with van der Waals surface area (Å²) in [7, 11) is 4.60. The molecule has 0 nitrogen and oxygen atoms in total. The van der Waals surface area contributed by atoms with Crippen molar-refractivity contribution in [3.8, 4) is 11.1 Å². The summed E-state index contributed by atoms with van der Waals surface area (Å²) in [5, 5.41) is 0. The molecule has 0 unspecified atom stereocenters. The normalized spacial score (nSPS) is 11.2. The molecule has 0 saturated heterocycles. The predicted octanol–water partition coefficient (Wildman–Crippen LogP) is 3.14. The Bertz CT molecular complexity index is 760. The molecule has 2 aromatic rings. The lowest BCUT2D eigenvalue weighted by molar-refractivity contribution is 1.02. The topological polar surface area (TPSA) is 0 Å². The van der Waals surface area contributed by atoms with Crippen LogP contribution in [0, 0.1) is 38.2 Å². The zero-order valence-corrected chi connectivity index (χ0v) is 18.9. The van der Waals surface area contributed by atoms with Crippen molar-refractivity contribution in [3.63, 3.8) is 0 Å². The average molecular weight is 430 g/mol. The van der Waals surface area contributed by atoms with Gasteiger partial charge in [0.25, 0.3) is 0 Å². The van der Waals surface area contributed by atoms with Gasteiger partial charge in [0.2, 0.25) is 0 Å². The summed E-state index contributed by atoms with van der Waals surface area (Å²) in [5.41, 5.74) is 16.2. The third-order valence-electron chi connectivity index (χ3n) is 6.17. The fourth-order valence-electron chi connectivity index (χ4n) is 4.22. The van der Waals surface area contributed by atoms with E-state index in [9.17, 15) is 0 Å². The molecular formula is C21H29B2I. The van der Waals surface area contributed by atoms with Crippen LogP contribution in [0.15, 0.2) is 0 Å². The second-order valence-electron chi connectivity index (χ2n) is 7.10. The SMILES string of the molecule is Bc1c(C)c(C)c(C)c(B)c1-c1c(C)c(CC)c(C)c(CC)c1I. The highest BCUT2D eigenvalue weighted by atomic mass is 127. The maximum Gasteiger partial charge on any atom is 0.140 e. The zero-order valence-electron chi connectivity index (χ0n) is 16.8. The molecule has 126 valence electrons. The molecule has 0 aliphatic carbocycles. The fraction of sp³-hybridized carbons (Fsp3) is 0.429. The molecule has 0 fully saturated rings. The molecule has 0 aliphatic heterocycles. The molecule has 0 aromatic heterocycles. The molecule has 3 heteroatoms. The standard InChI is InChI=1S/C21H29B2I/c1-8-15-13(6)16(9-2)21(24)17(14(15)7)18-19(22)11(4)10(3)12(5)20(18)23/h8-9,22-23H2,1-7H3. The summed E-state index contributed by atoms with van der Waals surface area (Å²) in [5.74, 6) is 0. The first-order valence-corrected chi connectivity index (χ1v) is 10.1. The van der Waals surface area contributed by atoms with Gasteiger partial charge in [0, 0.05) is 3.57 Å². The van der Waals surface area contributed by atoms with E-state index < -0.39 is 0 Å². The summed E-state index contributed by atoms with van der Waals surface area (Å²) in [6.45, 7) is 16.0. The van der Waals surface area contributed by atoms with Crippen molar-refractivity contribution < 1.29 is 0 Å². The van der Waals surface area contributed by atoms with Gasteiger partial charge in [0.1, 0.15) is 15.7 Å². The minimum Gasteiger partial charge on any atom is -0.0787 e. The summed E-state index contributed by atoms with van der Waals surface area (Å²) >= 11 is 2.59. The van der Waals surface area contributed by atoms with Crippen molar-refractivity contribution in [2.24, 2.45) is 0 Å². The molecule has 0 heterocycles. The van der Waals surface area contributed by atoms with E-state index in [4.69, 9.17) is 0 Å². The average Bonchev–Trinajstić information content (AvgIpc) is 2.55. The second-order valence-corrected chi connectivity index (χ2v) is 8.18. The Hall–Kier alpha value is -0.700. The third kappa shape index (κ3) is 2.87. The van der Waals surface area contributed by atoms with E-state index in [0.717, 1.165) is 12.8 Å². The number of hydrogen-bond donors (Lipinski definition) is 0. The molecule has 24 heavy (non-hydrogen) atoms. The molecule has 0 amide bonds. The van der Waals surface area contributed by atoms with Crippen LogP contribution >= 0.6 is 22.6 Å². The van der Waals surface area contributed by atoms with Gasteiger partial charge in [0.05, 0.1) is 0 Å². The van der Waals surface area contributed by atoms with E-state index in [0.29, 0.717) is 0 Å². The fourth-order valence-corrected chi connectivity index (χ4v) is 5.68. The van der Waals surface area contributed by atoms with E-state index in [1.54, 1.807) is 0 Å². The number of halogens is 1. The van der Waals surface area contributed by atoms with Crippen LogP contribution in [0.4, 0.5) is 0 Å². The maximum absolute atomic E-state index is 2.59. The van der Waals surface area contributed by atoms with E-state index in [-0.39, 0.29) is 0 Å². The second kappa shape index (κ2) is 7.27. The molecular weight excluding hydrogens is 401 g/mol. The molecule has 0 atom stereocenters. The molecule has 0 bridgehead atoms. The van der Waals surface area contributed by atoms with Gasteiger partial charge >= 0.3 is 0 Å². The molecule has 0 aliphatic rings. The van der Waals surface area contributed by atoms with Crippen LogP contribution in [0.3, 0.4) is 0 Å². The Morgan fingerprint density at radius 2 is 1.08 bits per heavy atom. The highest BCUT2D eigenvalue weighted by molar-refractivity contribution is 14.1. The first-order valence-electron chi connectivity index (χ1n) is 9.06. The number of hydrogen-bond acceptors (Lipinski definition) is 0. The highest BCUT2D eigenvalue weighted by Crippen LogP contribution is 2.36. The van der Waals surface area contributed by atoms with E-state index in [1.807, 2.05) is 0 Å². The van der Waals surface area contributed by atoms with Crippen molar-refractivity contribution in [2.75, 3.05) is 0 Å². The highest BCUT2D eigenvalue weighted by Gasteiger charge is 2.21. The molecule has 2 rings (SSSR count). The first-order chi connectivity index (χ1) is 11.2. The molecule has 2 aromatic carbocycles. The summed E-state index contributed by atoms with van der Waals surface area (Å²) in [6.07, 6.45) is 2.21. The number of benzene rings is 2. The maximum atomic E-state index is 2.59. The Morgan fingerprint density at radius 3 is 1.50 bits per heavy atom. The van der Waals surface area contributed by atoms with Crippen LogP contribution in [0.2, 0.25) is 0 Å². The summed E-state index contributed by atoms with van der Waals surface area (Å²) in [6, 6.07) is 0. The van der Waals surface area contributed by atoms with Crippen LogP contribution in [0.25, 0.3) is 11.1 Å². The van der Waals surface area contributed by atoms with Gasteiger partial charge in [-0.1, -0.05) is 35.9 Å². The van der Waals surface area contributed by atoms with Gasteiger partial charge < -0.3 is 0 Å². The molecule has 0 radical (unpaired) electrons. The van der Waals surface area contributed by atoms with Crippen LogP contribution in [0.1, 0.15) is 52.8 Å². The van der Waals surface area contributed by atoms with Crippen LogP contribution in [0.5, 0.6) is 0 Å². The van der Waals surface area contributed by atoms with E-state index in [2.05, 4.69) is 86.7 Å². The van der Waals surface area contributed by atoms with Crippen molar-refractivity contribution in [1.29, 1.82) is 0 Å². The predicted molar refractivity (Wildman–Crippen MR) is 123 cm³/mol. The van der Waals surface area contributed by atoms with Crippen molar-refractivity contribution in [2.45, 2.75) is 61.3 Å². The Morgan fingerprint density at radius 1 is 0.625 bits per heavy atom. The first kappa shape index (κ1) is 19.6. The van der Waals surface area contributed by atoms with Gasteiger partial charge in [-0.25, -0.2) is 0 Å². The summed E-state index contributed by atoms with van der Waals surface area (Å²) in [4.78, 5) is 0. The van der Waals surface area contributed by atoms with Gasteiger partial charge in [0.15, 0.2) is 0 Å². The van der Waals surface area contributed by atoms with E-state index in [1.165, 1.54) is 64.6 Å². The minimum atomic E-state index is 1.10. The van der Waals surface area contributed by atoms with Gasteiger partial charge in [-0.05, 0) is 109 Å². The lowest BCUT2D eigenvalue weighted by Gasteiger charge is -2.26. The quantitative estimate of drug-likeness (QED) is 0.519. The van der Waals surface area contributed by atoms with Crippen molar-refractivity contribution in [1.82, 2.24) is 0 Å². The lowest BCUT2D eigenvalue weighted by Crippen LogP contribution is -2.27. The monoisotopic (exact) mass is 430 g/mol. The molecule has 0 spiro atoms. The Balaban J connectivity index is 3.04. The van der Waals surface area contributed by atoms with Gasteiger partial charge in [-0.3, -0.25) is 0 Å². The lowest BCUT2D eigenvalue weighted by atomic mass is 9.70. The van der Waals surface area contributed by atoms with Crippen LogP contribution in [-0.4, -0.2) is 15.7 Å². The van der Waals surface area contributed by atoms with Crippen LogP contribution < -0.4 is 10.9 Å². The van der Waals surface area contributed by atoms with Gasteiger partial charge in [-0.2, -0.15) is 0 Å². The Kier molecular flexibility index (Phi) is 5.95. The summed E-state index contributed by atoms with van der Waals surface area (Å²) < 4.78 is 1.45. The smallest absolute Gasteiger partial charge is 0.0787 e. The van der Waals surface area contributed by atoms with E-state index >= 15 is 0 Å². The zero-order chi connectivity index (χ0) is 18.3. The minimum absolute atomic E-state index is 1.10. The van der Waals surface area contributed by atoms with Crippen molar-refractivity contribution >= 4 is 49.2 Å². The largest absolute Gasteiger partial charge is 0.140 e. The molecule has 0 N–H and O–H groups in total. The Labute approximate surface area is 163 Å².